The van der Waals surface area contributed by atoms with E-state index in [-0.39, 0.29) is 11.8 Å². The average molecular weight is 298 g/mol. The molecule has 0 amide bonds. The van der Waals surface area contributed by atoms with Crippen molar-refractivity contribution in [1.29, 1.82) is 0 Å². The van der Waals surface area contributed by atoms with Crippen molar-refractivity contribution in [2.45, 2.75) is 32.9 Å². The van der Waals surface area contributed by atoms with Crippen LogP contribution in [0, 0.1) is 0 Å². The summed E-state index contributed by atoms with van der Waals surface area (Å²) >= 11 is 0. The minimum atomic E-state index is -0.260. The molecule has 4 heteroatoms. The molecule has 1 heterocycles. The number of rotatable bonds is 8. The molecule has 1 atom stereocenters. The quantitative estimate of drug-likeness (QED) is 0.760. The first-order valence-electron chi connectivity index (χ1n) is 7.61. The Kier molecular flexibility index (Phi) is 6.10. The first-order chi connectivity index (χ1) is 10.7. The van der Waals surface area contributed by atoms with Gasteiger partial charge in [0.15, 0.2) is 5.78 Å². The Bertz CT molecular complexity index is 582. The fourth-order valence-corrected chi connectivity index (χ4v) is 2.04. The Balaban J connectivity index is 1.89. The number of carbonyl (C=O) groups is 1. The fourth-order valence-electron chi connectivity index (χ4n) is 2.04. The maximum Gasteiger partial charge on any atom is 0.179 e. The molecule has 116 valence electrons. The van der Waals surface area contributed by atoms with Crippen LogP contribution in [0.3, 0.4) is 0 Å². The molecule has 0 fully saturated rings. The molecule has 0 bridgehead atoms. The monoisotopic (exact) mass is 298 g/mol. The van der Waals surface area contributed by atoms with Gasteiger partial charge in [-0.15, -0.1) is 0 Å². The number of carbonyl (C=O) groups excluding carboxylic acids is 1. The largest absolute Gasteiger partial charge is 0.494 e. The van der Waals surface area contributed by atoms with Gasteiger partial charge in [0.2, 0.25) is 0 Å². The summed E-state index contributed by atoms with van der Waals surface area (Å²) in [5.41, 5.74) is 1.61. The maximum absolute atomic E-state index is 12.4. The smallest absolute Gasteiger partial charge is 0.179 e. The van der Waals surface area contributed by atoms with Gasteiger partial charge in [0, 0.05) is 18.3 Å². The summed E-state index contributed by atoms with van der Waals surface area (Å²) in [6.07, 6.45) is 2.72. The Morgan fingerprint density at radius 1 is 1.23 bits per heavy atom. The van der Waals surface area contributed by atoms with E-state index in [1.165, 1.54) is 0 Å². The van der Waals surface area contributed by atoms with Crippen LogP contribution < -0.4 is 10.1 Å². The third-order valence-corrected chi connectivity index (χ3v) is 3.32. The number of hydrogen-bond acceptors (Lipinski definition) is 4. The zero-order chi connectivity index (χ0) is 15.8. The van der Waals surface area contributed by atoms with Crippen molar-refractivity contribution < 1.29 is 9.53 Å². The Hall–Kier alpha value is -2.20. The second kappa shape index (κ2) is 8.29. The van der Waals surface area contributed by atoms with Gasteiger partial charge in [-0.25, -0.2) is 0 Å². The van der Waals surface area contributed by atoms with E-state index in [9.17, 15) is 4.79 Å². The molecular weight excluding hydrogens is 276 g/mol. The van der Waals surface area contributed by atoms with Crippen molar-refractivity contribution in [2.24, 2.45) is 0 Å². The normalized spacial score (nSPS) is 11.9. The Morgan fingerprint density at radius 3 is 2.64 bits per heavy atom. The van der Waals surface area contributed by atoms with Crippen LogP contribution in [-0.2, 0) is 6.54 Å². The predicted octanol–water partition coefficient (Wildman–Crippen LogP) is 3.23. The van der Waals surface area contributed by atoms with E-state index in [4.69, 9.17) is 4.74 Å². The van der Waals surface area contributed by atoms with Gasteiger partial charge >= 0.3 is 0 Å². The minimum Gasteiger partial charge on any atom is -0.494 e. The van der Waals surface area contributed by atoms with Crippen molar-refractivity contribution in [3.8, 4) is 5.75 Å². The van der Waals surface area contributed by atoms with E-state index in [1.54, 1.807) is 6.20 Å². The van der Waals surface area contributed by atoms with E-state index >= 15 is 0 Å². The van der Waals surface area contributed by atoms with Crippen LogP contribution in [0.15, 0.2) is 48.7 Å². The van der Waals surface area contributed by atoms with Gasteiger partial charge in [-0.3, -0.25) is 9.78 Å². The van der Waals surface area contributed by atoms with Crippen LogP contribution in [0.2, 0.25) is 0 Å². The molecule has 2 aromatic rings. The molecule has 4 nitrogen and oxygen atoms in total. The SMILES string of the molecule is CCCOc1ccc(C(=O)C(C)NCc2ccccn2)cc1. The molecule has 0 saturated heterocycles. The van der Waals surface area contributed by atoms with E-state index in [0.717, 1.165) is 17.9 Å². The van der Waals surface area contributed by atoms with Gasteiger partial charge in [0.25, 0.3) is 0 Å². The summed E-state index contributed by atoms with van der Waals surface area (Å²) in [5.74, 6) is 0.866. The number of aromatic nitrogens is 1. The average Bonchev–Trinajstić information content (AvgIpc) is 2.58. The first kappa shape index (κ1) is 16.2. The van der Waals surface area contributed by atoms with Gasteiger partial charge < -0.3 is 10.1 Å². The van der Waals surface area contributed by atoms with Gasteiger partial charge in [-0.05, 0) is 49.7 Å². The molecule has 1 aromatic carbocycles. The third kappa shape index (κ3) is 4.67. The van der Waals surface area contributed by atoms with Crippen molar-refractivity contribution in [3.63, 3.8) is 0 Å². The van der Waals surface area contributed by atoms with Gasteiger partial charge in [-0.1, -0.05) is 13.0 Å². The number of ether oxygens (including phenoxy) is 1. The standard InChI is InChI=1S/C18H22N2O2/c1-3-12-22-17-9-7-15(8-10-17)18(21)14(2)20-13-16-6-4-5-11-19-16/h4-11,14,20H,3,12-13H2,1-2H3. The molecule has 0 aliphatic rings. The highest BCUT2D eigenvalue weighted by atomic mass is 16.5. The van der Waals surface area contributed by atoms with Crippen LogP contribution in [0.1, 0.15) is 36.3 Å². The lowest BCUT2D eigenvalue weighted by atomic mass is 10.1. The Labute approximate surface area is 131 Å². The second-order valence-electron chi connectivity index (χ2n) is 5.16. The zero-order valence-corrected chi connectivity index (χ0v) is 13.1. The van der Waals surface area contributed by atoms with E-state index in [0.29, 0.717) is 18.7 Å². The lowest BCUT2D eigenvalue weighted by Gasteiger charge is -2.13. The minimum absolute atomic E-state index is 0.0676. The van der Waals surface area contributed by atoms with Crippen LogP contribution in [0.5, 0.6) is 5.75 Å². The topological polar surface area (TPSA) is 51.2 Å². The molecule has 1 N–H and O–H groups in total. The number of ketones is 1. The van der Waals surface area contributed by atoms with Crippen LogP contribution in [0.4, 0.5) is 0 Å². The highest BCUT2D eigenvalue weighted by Gasteiger charge is 2.14. The lowest BCUT2D eigenvalue weighted by Crippen LogP contribution is -2.33. The molecule has 0 aliphatic carbocycles. The lowest BCUT2D eigenvalue weighted by molar-refractivity contribution is 0.0950. The number of hydrogen-bond donors (Lipinski definition) is 1. The summed E-state index contributed by atoms with van der Waals surface area (Å²) in [6, 6.07) is 12.8. The molecule has 0 spiro atoms. The second-order valence-corrected chi connectivity index (χ2v) is 5.16. The van der Waals surface area contributed by atoms with Gasteiger partial charge in [-0.2, -0.15) is 0 Å². The molecule has 1 unspecified atom stereocenters. The number of Topliss-reactive ketones (excluding diaryl/α,β-unsaturated/α-hetero) is 1. The molecule has 0 radical (unpaired) electrons. The van der Waals surface area contributed by atoms with Crippen LogP contribution in [0.25, 0.3) is 0 Å². The number of benzene rings is 1. The summed E-state index contributed by atoms with van der Waals surface area (Å²) in [6.45, 7) is 5.19. The number of nitrogens with zero attached hydrogens (tertiary/aromatic N) is 1. The summed E-state index contributed by atoms with van der Waals surface area (Å²) in [5, 5.41) is 3.20. The van der Waals surface area contributed by atoms with Crippen LogP contribution >= 0.6 is 0 Å². The fraction of sp³-hybridized carbons (Fsp3) is 0.333. The molecule has 0 aliphatic heterocycles. The number of pyridine rings is 1. The molecular formula is C18H22N2O2. The summed E-state index contributed by atoms with van der Waals surface area (Å²) in [4.78, 5) is 16.6. The van der Waals surface area contributed by atoms with Gasteiger partial charge in [0.05, 0.1) is 18.3 Å². The van der Waals surface area contributed by atoms with E-state index in [1.807, 2.05) is 49.4 Å². The molecule has 2 rings (SSSR count). The van der Waals surface area contributed by atoms with Crippen molar-refractivity contribution in [2.75, 3.05) is 6.61 Å². The van der Waals surface area contributed by atoms with Crippen LogP contribution in [-0.4, -0.2) is 23.4 Å². The molecule has 22 heavy (non-hydrogen) atoms. The molecule has 1 aromatic heterocycles. The van der Waals surface area contributed by atoms with E-state index < -0.39 is 0 Å². The highest BCUT2D eigenvalue weighted by Crippen LogP contribution is 2.14. The summed E-state index contributed by atoms with van der Waals surface area (Å²) in [7, 11) is 0. The van der Waals surface area contributed by atoms with E-state index in [2.05, 4.69) is 17.2 Å². The zero-order valence-electron chi connectivity index (χ0n) is 13.1. The first-order valence-corrected chi connectivity index (χ1v) is 7.61. The van der Waals surface area contributed by atoms with Crippen molar-refractivity contribution >= 4 is 5.78 Å². The maximum atomic E-state index is 12.4. The van der Waals surface area contributed by atoms with Gasteiger partial charge in [0.1, 0.15) is 5.75 Å². The summed E-state index contributed by atoms with van der Waals surface area (Å²) < 4.78 is 5.52. The predicted molar refractivity (Wildman–Crippen MR) is 87.1 cm³/mol. The highest BCUT2D eigenvalue weighted by molar-refractivity contribution is 5.99. The van der Waals surface area contributed by atoms with Crippen molar-refractivity contribution in [3.05, 3.63) is 59.9 Å². The Morgan fingerprint density at radius 2 is 2.00 bits per heavy atom. The third-order valence-electron chi connectivity index (χ3n) is 3.32. The molecule has 0 saturated carbocycles. The number of nitrogens with one attached hydrogen (secondary N) is 1. The van der Waals surface area contributed by atoms with Crippen molar-refractivity contribution in [1.82, 2.24) is 10.3 Å².